The summed E-state index contributed by atoms with van der Waals surface area (Å²) in [4.78, 5) is 24.2. The Hall–Kier alpha value is -1.99. The highest BCUT2D eigenvalue weighted by Crippen LogP contribution is 2.23. The molecule has 2 N–H and O–H groups in total. The summed E-state index contributed by atoms with van der Waals surface area (Å²) < 4.78 is 0. The molecule has 1 aliphatic rings. The number of rotatable bonds is 5. The minimum absolute atomic E-state index is 0.115. The second-order valence-electron chi connectivity index (χ2n) is 4.89. The average Bonchev–Trinajstić information content (AvgIpc) is 2.86. The zero-order valence-electron chi connectivity index (χ0n) is 11.0. The highest BCUT2D eigenvalue weighted by atomic mass is 16.6. The molecule has 1 aromatic rings. The topological polar surface area (TPSA) is 95.7 Å². The normalized spacial score (nSPS) is 18.9. The largest absolute Gasteiger partial charge is 0.396 e. The first-order valence-corrected chi connectivity index (χ1v) is 6.46. The van der Waals surface area contributed by atoms with Gasteiger partial charge >= 0.3 is 0 Å². The van der Waals surface area contributed by atoms with Crippen LogP contribution in [0.3, 0.4) is 0 Å². The minimum atomic E-state index is -0.521. The van der Waals surface area contributed by atoms with Crippen LogP contribution in [0.2, 0.25) is 0 Å². The number of aliphatic hydroxyl groups excluding tert-OH is 1. The Morgan fingerprint density at radius 2 is 2.25 bits per heavy atom. The fourth-order valence-electron chi connectivity index (χ4n) is 2.34. The molecule has 1 saturated heterocycles. The van der Waals surface area contributed by atoms with E-state index in [1.165, 1.54) is 12.1 Å². The number of anilines is 1. The summed E-state index contributed by atoms with van der Waals surface area (Å²) in [6, 6.07) is 6.06. The Kier molecular flexibility index (Phi) is 4.65. The predicted octanol–water partition coefficient (Wildman–Crippen LogP) is 0.847. The fraction of sp³-hybridized carbons (Fsp3) is 0.462. The molecule has 0 saturated carbocycles. The third kappa shape index (κ3) is 3.52. The molecule has 7 heteroatoms. The molecule has 7 nitrogen and oxygen atoms in total. The Bertz CT molecular complexity index is 506. The van der Waals surface area contributed by atoms with Crippen LogP contribution in [-0.2, 0) is 4.79 Å². The first-order chi connectivity index (χ1) is 9.60. The Morgan fingerprint density at radius 1 is 1.50 bits per heavy atom. The number of nitro benzene ring substituents is 1. The van der Waals surface area contributed by atoms with E-state index in [0.717, 1.165) is 13.0 Å². The standard InChI is InChI=1S/C13H17N3O4/c17-9-10-5-6-15(7-10)8-13(18)14-11-3-1-2-4-12(11)16(19)20/h1-4,10,17H,5-9H2,(H,14,18). The van der Waals surface area contributed by atoms with Crippen LogP contribution in [-0.4, -0.2) is 47.1 Å². The molecule has 0 bridgehead atoms. The summed E-state index contributed by atoms with van der Waals surface area (Å²) in [5.41, 5.74) is 0.0934. The summed E-state index contributed by atoms with van der Waals surface area (Å²) >= 11 is 0. The van der Waals surface area contributed by atoms with Gasteiger partial charge in [-0.05, 0) is 24.9 Å². The van der Waals surface area contributed by atoms with Gasteiger partial charge in [0.1, 0.15) is 5.69 Å². The molecule has 1 fully saturated rings. The van der Waals surface area contributed by atoms with Gasteiger partial charge in [0.25, 0.3) is 5.69 Å². The van der Waals surface area contributed by atoms with Gasteiger partial charge in [-0.25, -0.2) is 0 Å². The molecule has 0 aromatic heterocycles. The molecule has 20 heavy (non-hydrogen) atoms. The molecule has 1 heterocycles. The number of amides is 1. The van der Waals surface area contributed by atoms with Crippen molar-refractivity contribution < 1.29 is 14.8 Å². The number of hydrogen-bond acceptors (Lipinski definition) is 5. The lowest BCUT2D eigenvalue weighted by Gasteiger charge is -2.15. The van der Waals surface area contributed by atoms with E-state index in [9.17, 15) is 14.9 Å². The van der Waals surface area contributed by atoms with Crippen LogP contribution in [0.25, 0.3) is 0 Å². The van der Waals surface area contributed by atoms with E-state index in [4.69, 9.17) is 5.11 Å². The van der Waals surface area contributed by atoms with Gasteiger partial charge in [-0.1, -0.05) is 12.1 Å². The second kappa shape index (κ2) is 6.44. The maximum atomic E-state index is 11.9. The molecule has 0 radical (unpaired) electrons. The minimum Gasteiger partial charge on any atom is -0.396 e. The SMILES string of the molecule is O=C(CN1CCC(CO)C1)Nc1ccccc1[N+](=O)[O-]. The number of carbonyl (C=O) groups excluding carboxylic acids is 1. The average molecular weight is 279 g/mol. The number of aliphatic hydroxyl groups is 1. The molecule has 1 aliphatic heterocycles. The van der Waals surface area contributed by atoms with Gasteiger partial charge in [0.05, 0.1) is 11.5 Å². The molecule has 1 atom stereocenters. The van der Waals surface area contributed by atoms with Crippen molar-refractivity contribution in [3.63, 3.8) is 0 Å². The van der Waals surface area contributed by atoms with Crippen LogP contribution >= 0.6 is 0 Å². The molecule has 1 unspecified atom stereocenters. The number of para-hydroxylation sites is 2. The number of hydrogen-bond donors (Lipinski definition) is 2. The second-order valence-corrected chi connectivity index (χ2v) is 4.89. The van der Waals surface area contributed by atoms with Gasteiger partial charge in [-0.2, -0.15) is 0 Å². The van der Waals surface area contributed by atoms with E-state index < -0.39 is 4.92 Å². The van der Waals surface area contributed by atoms with E-state index in [2.05, 4.69) is 5.32 Å². The van der Waals surface area contributed by atoms with Gasteiger partial charge in [0.2, 0.25) is 5.91 Å². The number of likely N-dealkylation sites (tertiary alicyclic amines) is 1. The molecule has 1 amide bonds. The van der Waals surface area contributed by atoms with Gasteiger partial charge < -0.3 is 10.4 Å². The number of carbonyl (C=O) groups is 1. The van der Waals surface area contributed by atoms with Crippen LogP contribution in [0.15, 0.2) is 24.3 Å². The van der Waals surface area contributed by atoms with Crippen LogP contribution in [0.5, 0.6) is 0 Å². The lowest BCUT2D eigenvalue weighted by atomic mass is 10.1. The van der Waals surface area contributed by atoms with Crippen molar-refractivity contribution in [3.05, 3.63) is 34.4 Å². The Labute approximate surface area is 116 Å². The highest BCUT2D eigenvalue weighted by molar-refractivity contribution is 5.94. The van der Waals surface area contributed by atoms with Gasteiger partial charge in [0, 0.05) is 19.2 Å². The lowest BCUT2D eigenvalue weighted by Crippen LogP contribution is -2.32. The van der Waals surface area contributed by atoms with Crippen molar-refractivity contribution in [3.8, 4) is 0 Å². The summed E-state index contributed by atoms with van der Waals surface area (Å²) in [7, 11) is 0. The van der Waals surface area contributed by atoms with E-state index >= 15 is 0 Å². The van der Waals surface area contributed by atoms with Crippen molar-refractivity contribution in [1.29, 1.82) is 0 Å². The van der Waals surface area contributed by atoms with Gasteiger partial charge in [0.15, 0.2) is 0 Å². The van der Waals surface area contributed by atoms with Crippen LogP contribution in [0.1, 0.15) is 6.42 Å². The van der Waals surface area contributed by atoms with Gasteiger partial charge in [-0.15, -0.1) is 0 Å². The molecule has 108 valence electrons. The molecule has 2 rings (SSSR count). The Morgan fingerprint density at radius 3 is 2.90 bits per heavy atom. The van der Waals surface area contributed by atoms with Crippen LogP contribution < -0.4 is 5.32 Å². The van der Waals surface area contributed by atoms with Crippen molar-refractivity contribution in [2.24, 2.45) is 5.92 Å². The van der Waals surface area contributed by atoms with Crippen molar-refractivity contribution >= 4 is 17.3 Å². The first-order valence-electron chi connectivity index (χ1n) is 6.46. The van der Waals surface area contributed by atoms with E-state index in [1.807, 2.05) is 4.90 Å². The molecule has 1 aromatic carbocycles. The number of nitro groups is 1. The summed E-state index contributed by atoms with van der Waals surface area (Å²) in [6.45, 7) is 1.75. The van der Waals surface area contributed by atoms with Gasteiger partial charge in [-0.3, -0.25) is 19.8 Å². The zero-order chi connectivity index (χ0) is 14.5. The molecule has 0 spiro atoms. The monoisotopic (exact) mass is 279 g/mol. The van der Waals surface area contributed by atoms with Crippen molar-refractivity contribution in [2.45, 2.75) is 6.42 Å². The van der Waals surface area contributed by atoms with Crippen LogP contribution in [0.4, 0.5) is 11.4 Å². The van der Waals surface area contributed by atoms with E-state index in [-0.39, 0.29) is 36.4 Å². The molecular weight excluding hydrogens is 262 g/mol. The quantitative estimate of drug-likeness (QED) is 0.615. The summed E-state index contributed by atoms with van der Waals surface area (Å²) in [5.74, 6) is -0.0632. The third-order valence-electron chi connectivity index (χ3n) is 3.37. The summed E-state index contributed by atoms with van der Waals surface area (Å²) in [5, 5.41) is 22.5. The zero-order valence-corrected chi connectivity index (χ0v) is 11.0. The number of nitrogens with one attached hydrogen (secondary N) is 1. The van der Waals surface area contributed by atoms with Crippen molar-refractivity contribution in [2.75, 3.05) is 31.6 Å². The Balaban J connectivity index is 1.94. The number of nitrogens with zero attached hydrogens (tertiary/aromatic N) is 2. The highest BCUT2D eigenvalue weighted by Gasteiger charge is 2.24. The number of benzene rings is 1. The molecule has 0 aliphatic carbocycles. The van der Waals surface area contributed by atoms with Crippen molar-refractivity contribution in [1.82, 2.24) is 4.90 Å². The van der Waals surface area contributed by atoms with Crippen LogP contribution in [0, 0.1) is 16.0 Å². The third-order valence-corrected chi connectivity index (χ3v) is 3.37. The smallest absolute Gasteiger partial charge is 0.292 e. The maximum absolute atomic E-state index is 11.9. The first kappa shape index (κ1) is 14.4. The lowest BCUT2D eigenvalue weighted by molar-refractivity contribution is -0.383. The fourth-order valence-corrected chi connectivity index (χ4v) is 2.34. The predicted molar refractivity (Wildman–Crippen MR) is 73.4 cm³/mol. The maximum Gasteiger partial charge on any atom is 0.292 e. The molecular formula is C13H17N3O4. The van der Waals surface area contributed by atoms with E-state index in [1.54, 1.807) is 12.1 Å². The van der Waals surface area contributed by atoms with E-state index in [0.29, 0.717) is 6.54 Å². The summed E-state index contributed by atoms with van der Waals surface area (Å²) in [6.07, 6.45) is 0.870.